The summed E-state index contributed by atoms with van der Waals surface area (Å²) in [7, 11) is 0. The van der Waals surface area contributed by atoms with Crippen LogP contribution < -0.4 is 10.6 Å². The first-order chi connectivity index (χ1) is 7.85. The molecular formula is C11H20N4OS. The average molecular weight is 256 g/mol. The third-order valence-corrected chi connectivity index (χ3v) is 2.73. The number of aromatic nitrogens is 2. The van der Waals surface area contributed by atoms with Crippen LogP contribution in [0.2, 0.25) is 0 Å². The van der Waals surface area contributed by atoms with E-state index in [0.29, 0.717) is 17.5 Å². The summed E-state index contributed by atoms with van der Waals surface area (Å²) in [6.07, 6.45) is 1.91. The predicted octanol–water partition coefficient (Wildman–Crippen LogP) is 1.38. The minimum Gasteiger partial charge on any atom is -0.389 e. The molecule has 5 nitrogen and oxygen atoms in total. The van der Waals surface area contributed by atoms with Gasteiger partial charge >= 0.3 is 0 Å². The van der Waals surface area contributed by atoms with Gasteiger partial charge in [0.15, 0.2) is 5.16 Å². The second-order valence-electron chi connectivity index (χ2n) is 4.46. The van der Waals surface area contributed by atoms with Crippen molar-refractivity contribution in [2.45, 2.75) is 31.5 Å². The van der Waals surface area contributed by atoms with Crippen LogP contribution in [0, 0.1) is 0 Å². The topological polar surface area (TPSA) is 75.3 Å². The molecule has 0 radical (unpaired) electrons. The van der Waals surface area contributed by atoms with Crippen LogP contribution in [-0.4, -0.2) is 40.0 Å². The second kappa shape index (κ2) is 5.55. The number of likely N-dealkylation sites (N-methyl/N-ethyl adjacent to an activating group) is 1. The van der Waals surface area contributed by atoms with E-state index < -0.39 is 5.60 Å². The highest BCUT2D eigenvalue weighted by molar-refractivity contribution is 7.98. The first-order valence-electron chi connectivity index (χ1n) is 5.51. The van der Waals surface area contributed by atoms with Crippen molar-refractivity contribution in [3.8, 4) is 0 Å². The molecule has 1 aromatic rings. The van der Waals surface area contributed by atoms with E-state index in [0.717, 1.165) is 12.4 Å². The third-order valence-electron chi connectivity index (χ3n) is 2.18. The lowest BCUT2D eigenvalue weighted by Crippen LogP contribution is -2.39. The van der Waals surface area contributed by atoms with Crippen LogP contribution in [0.15, 0.2) is 11.2 Å². The maximum absolute atomic E-state index is 9.85. The maximum Gasteiger partial charge on any atom is 0.191 e. The van der Waals surface area contributed by atoms with Gasteiger partial charge in [-0.1, -0.05) is 11.8 Å². The van der Waals surface area contributed by atoms with Crippen molar-refractivity contribution in [3.05, 3.63) is 6.07 Å². The molecule has 0 aliphatic heterocycles. The minimum atomic E-state index is -0.769. The van der Waals surface area contributed by atoms with Crippen molar-refractivity contribution in [2.24, 2.45) is 0 Å². The number of hydrogen-bond donors (Lipinski definition) is 2. The Kier molecular flexibility index (Phi) is 4.59. The van der Waals surface area contributed by atoms with Gasteiger partial charge in [0.1, 0.15) is 11.6 Å². The minimum absolute atomic E-state index is 0.452. The molecule has 0 aromatic carbocycles. The Bertz CT molecular complexity index is 378. The van der Waals surface area contributed by atoms with Gasteiger partial charge in [0, 0.05) is 19.2 Å². The van der Waals surface area contributed by atoms with E-state index >= 15 is 0 Å². The van der Waals surface area contributed by atoms with Crippen molar-refractivity contribution in [2.75, 3.05) is 30.0 Å². The molecule has 0 aliphatic carbocycles. The number of nitrogens with two attached hydrogens (primary N) is 1. The molecule has 17 heavy (non-hydrogen) atoms. The lowest BCUT2D eigenvalue weighted by molar-refractivity contribution is 0.0874. The van der Waals surface area contributed by atoms with Crippen LogP contribution in [-0.2, 0) is 0 Å². The lowest BCUT2D eigenvalue weighted by atomic mass is 10.1. The van der Waals surface area contributed by atoms with E-state index in [1.807, 2.05) is 18.1 Å². The second-order valence-corrected chi connectivity index (χ2v) is 5.24. The van der Waals surface area contributed by atoms with Crippen molar-refractivity contribution >= 4 is 23.4 Å². The molecule has 6 heteroatoms. The average Bonchev–Trinajstić information content (AvgIpc) is 2.23. The molecule has 0 saturated carbocycles. The summed E-state index contributed by atoms with van der Waals surface area (Å²) in [4.78, 5) is 10.5. The molecule has 0 spiro atoms. The monoisotopic (exact) mass is 256 g/mol. The Labute approximate surface area is 106 Å². The Balaban J connectivity index is 2.99. The molecule has 1 heterocycles. The van der Waals surface area contributed by atoms with E-state index in [2.05, 4.69) is 9.97 Å². The van der Waals surface area contributed by atoms with Gasteiger partial charge in [-0.3, -0.25) is 0 Å². The first kappa shape index (κ1) is 14.1. The van der Waals surface area contributed by atoms with E-state index in [1.165, 1.54) is 11.8 Å². The summed E-state index contributed by atoms with van der Waals surface area (Å²) >= 11 is 1.45. The first-order valence-corrected chi connectivity index (χ1v) is 6.74. The molecule has 0 atom stereocenters. The van der Waals surface area contributed by atoms with E-state index in [9.17, 15) is 5.11 Å². The van der Waals surface area contributed by atoms with Gasteiger partial charge in [-0.15, -0.1) is 0 Å². The lowest BCUT2D eigenvalue weighted by Gasteiger charge is -2.29. The van der Waals surface area contributed by atoms with Gasteiger partial charge < -0.3 is 15.7 Å². The summed E-state index contributed by atoms with van der Waals surface area (Å²) in [6.45, 7) is 6.83. The van der Waals surface area contributed by atoms with Gasteiger partial charge in [0.05, 0.1) is 5.60 Å². The van der Waals surface area contributed by atoms with Crippen LogP contribution in [0.5, 0.6) is 0 Å². The van der Waals surface area contributed by atoms with Gasteiger partial charge in [-0.25, -0.2) is 9.97 Å². The van der Waals surface area contributed by atoms with Crippen LogP contribution in [0.4, 0.5) is 11.6 Å². The quantitative estimate of drug-likeness (QED) is 0.612. The van der Waals surface area contributed by atoms with Crippen molar-refractivity contribution in [3.63, 3.8) is 0 Å². The Morgan fingerprint density at radius 2 is 2.12 bits per heavy atom. The third kappa shape index (κ3) is 4.40. The van der Waals surface area contributed by atoms with Gasteiger partial charge in [-0.05, 0) is 27.0 Å². The number of anilines is 2. The summed E-state index contributed by atoms with van der Waals surface area (Å²) in [5.74, 6) is 1.21. The largest absolute Gasteiger partial charge is 0.389 e. The molecule has 0 bridgehead atoms. The van der Waals surface area contributed by atoms with Gasteiger partial charge in [-0.2, -0.15) is 0 Å². The van der Waals surface area contributed by atoms with Crippen LogP contribution >= 0.6 is 11.8 Å². The summed E-state index contributed by atoms with van der Waals surface area (Å²) < 4.78 is 0. The Hall–Kier alpha value is -1.01. The van der Waals surface area contributed by atoms with Crippen molar-refractivity contribution in [1.29, 1.82) is 0 Å². The molecule has 96 valence electrons. The molecule has 0 amide bonds. The zero-order valence-corrected chi connectivity index (χ0v) is 11.6. The highest BCUT2D eigenvalue weighted by Gasteiger charge is 2.19. The number of nitrogen functional groups attached to an aromatic ring is 1. The normalized spacial score (nSPS) is 11.6. The Morgan fingerprint density at radius 1 is 1.47 bits per heavy atom. The van der Waals surface area contributed by atoms with E-state index in [1.54, 1.807) is 19.9 Å². The molecular weight excluding hydrogens is 236 g/mol. The van der Waals surface area contributed by atoms with Crippen molar-refractivity contribution < 1.29 is 5.11 Å². The predicted molar refractivity (Wildman–Crippen MR) is 72.4 cm³/mol. The van der Waals surface area contributed by atoms with Gasteiger partial charge in [0.25, 0.3) is 0 Å². The summed E-state index contributed by atoms with van der Waals surface area (Å²) in [5, 5.41) is 10.5. The fourth-order valence-corrected chi connectivity index (χ4v) is 1.89. The van der Waals surface area contributed by atoms with Crippen molar-refractivity contribution in [1.82, 2.24) is 9.97 Å². The smallest absolute Gasteiger partial charge is 0.191 e. The molecule has 1 aromatic heterocycles. The number of nitrogens with zero attached hydrogens (tertiary/aromatic N) is 3. The molecule has 3 N–H and O–H groups in total. The number of hydrogen-bond acceptors (Lipinski definition) is 6. The molecule has 1 rings (SSSR count). The standard InChI is InChI=1S/C11H20N4OS/c1-5-15(7-11(2,3)16)9-6-8(12)13-10(14-9)17-4/h6,16H,5,7H2,1-4H3,(H2,12,13,14). The van der Waals surface area contributed by atoms with Crippen LogP contribution in [0.25, 0.3) is 0 Å². The molecule has 0 unspecified atom stereocenters. The fourth-order valence-electron chi connectivity index (χ4n) is 1.51. The highest BCUT2D eigenvalue weighted by Crippen LogP contribution is 2.20. The van der Waals surface area contributed by atoms with Crippen LogP contribution in [0.1, 0.15) is 20.8 Å². The highest BCUT2D eigenvalue weighted by atomic mass is 32.2. The summed E-state index contributed by atoms with van der Waals surface area (Å²) in [5.41, 5.74) is 4.97. The van der Waals surface area contributed by atoms with Crippen LogP contribution in [0.3, 0.4) is 0 Å². The fraction of sp³-hybridized carbons (Fsp3) is 0.636. The zero-order valence-electron chi connectivity index (χ0n) is 10.8. The number of thioether (sulfide) groups is 1. The molecule has 0 aliphatic rings. The van der Waals surface area contributed by atoms with E-state index in [4.69, 9.17) is 5.73 Å². The Morgan fingerprint density at radius 3 is 2.59 bits per heavy atom. The molecule has 0 fully saturated rings. The zero-order chi connectivity index (χ0) is 13.1. The number of rotatable bonds is 5. The summed E-state index contributed by atoms with van der Waals surface area (Å²) in [6, 6.07) is 1.73. The van der Waals surface area contributed by atoms with E-state index in [-0.39, 0.29) is 0 Å². The maximum atomic E-state index is 9.85. The molecule has 0 saturated heterocycles. The number of aliphatic hydroxyl groups is 1. The van der Waals surface area contributed by atoms with Gasteiger partial charge in [0.2, 0.25) is 0 Å². The SMILES string of the molecule is CCN(CC(C)(C)O)c1cc(N)nc(SC)n1.